The van der Waals surface area contributed by atoms with E-state index in [0.29, 0.717) is 33.6 Å². The summed E-state index contributed by atoms with van der Waals surface area (Å²) >= 11 is 8.48. The van der Waals surface area contributed by atoms with Crippen molar-refractivity contribution < 1.29 is 19.1 Å². The molecule has 0 aromatic heterocycles. The van der Waals surface area contributed by atoms with Crippen LogP contribution in [0, 0.1) is 5.92 Å². The average molecular weight is 535 g/mol. The van der Waals surface area contributed by atoms with Crippen LogP contribution < -0.4 is 26.2 Å². The van der Waals surface area contributed by atoms with Crippen molar-refractivity contribution in [3.05, 3.63) is 58.1 Å². The number of hydrazine groups is 1. The van der Waals surface area contributed by atoms with E-state index in [9.17, 15) is 14.4 Å². The quantitative estimate of drug-likeness (QED) is 0.230. The Bertz CT molecular complexity index is 1010. The zero-order valence-corrected chi connectivity index (χ0v) is 21.1. The molecular weight excluding hydrogens is 508 g/mol. The molecule has 0 saturated carbocycles. The normalized spacial score (nSPS) is 10.3. The van der Waals surface area contributed by atoms with Crippen LogP contribution in [0.5, 0.6) is 5.75 Å². The van der Waals surface area contributed by atoms with Crippen molar-refractivity contribution in [1.82, 2.24) is 16.2 Å². The molecule has 0 aliphatic carbocycles. The highest BCUT2D eigenvalue weighted by Crippen LogP contribution is 2.26. The van der Waals surface area contributed by atoms with Gasteiger partial charge >= 0.3 is 0 Å². The molecular formula is C23H27BrN4O4S. The summed E-state index contributed by atoms with van der Waals surface area (Å²) in [6.07, 6.45) is 1.97. The SMILES string of the molecule is CCCCOc1ccc(C(=O)NC(=S)NNC(=O)c2ccc(NC(=O)C(C)C)cc2)cc1Br. The molecule has 2 aromatic carbocycles. The molecule has 33 heavy (non-hydrogen) atoms. The van der Waals surface area contributed by atoms with Crippen LogP contribution in [-0.2, 0) is 4.79 Å². The highest BCUT2D eigenvalue weighted by Gasteiger charge is 2.13. The van der Waals surface area contributed by atoms with E-state index in [1.807, 2.05) is 0 Å². The number of thiocarbonyl (C=S) groups is 1. The number of amides is 3. The highest BCUT2D eigenvalue weighted by atomic mass is 79.9. The number of hydrogen-bond donors (Lipinski definition) is 4. The Kier molecular flexibility index (Phi) is 10.3. The van der Waals surface area contributed by atoms with Gasteiger partial charge in [0.05, 0.1) is 11.1 Å². The minimum atomic E-state index is -0.454. The van der Waals surface area contributed by atoms with Gasteiger partial charge in [0.25, 0.3) is 11.8 Å². The second-order valence-corrected chi connectivity index (χ2v) is 8.69. The maximum Gasteiger partial charge on any atom is 0.269 e. The van der Waals surface area contributed by atoms with E-state index in [-0.39, 0.29) is 16.9 Å². The fourth-order valence-electron chi connectivity index (χ4n) is 2.47. The molecule has 176 valence electrons. The highest BCUT2D eigenvalue weighted by molar-refractivity contribution is 9.10. The van der Waals surface area contributed by atoms with Crippen LogP contribution in [0.3, 0.4) is 0 Å². The number of hydrogen-bond acceptors (Lipinski definition) is 5. The molecule has 0 aliphatic heterocycles. The molecule has 0 atom stereocenters. The molecule has 0 aliphatic rings. The summed E-state index contributed by atoms with van der Waals surface area (Å²) in [6.45, 7) is 6.27. The largest absolute Gasteiger partial charge is 0.492 e. The number of anilines is 1. The van der Waals surface area contributed by atoms with Crippen molar-refractivity contribution in [2.45, 2.75) is 33.6 Å². The topological polar surface area (TPSA) is 109 Å². The summed E-state index contributed by atoms with van der Waals surface area (Å²) in [6, 6.07) is 11.4. The lowest BCUT2D eigenvalue weighted by atomic mass is 10.1. The summed E-state index contributed by atoms with van der Waals surface area (Å²) in [7, 11) is 0. The smallest absolute Gasteiger partial charge is 0.269 e. The second kappa shape index (κ2) is 12.9. The van der Waals surface area contributed by atoms with E-state index in [0.717, 1.165) is 12.8 Å². The van der Waals surface area contributed by atoms with Gasteiger partial charge in [0.2, 0.25) is 5.91 Å². The fourth-order valence-corrected chi connectivity index (χ4v) is 3.11. The molecule has 3 amide bonds. The van der Waals surface area contributed by atoms with Crippen LogP contribution in [0.1, 0.15) is 54.3 Å². The molecule has 8 nitrogen and oxygen atoms in total. The molecule has 0 spiro atoms. The summed E-state index contributed by atoms with van der Waals surface area (Å²) in [4.78, 5) is 36.4. The van der Waals surface area contributed by atoms with Crippen molar-refractivity contribution in [2.75, 3.05) is 11.9 Å². The van der Waals surface area contributed by atoms with E-state index in [1.54, 1.807) is 56.3 Å². The van der Waals surface area contributed by atoms with Gasteiger partial charge in [0.15, 0.2) is 5.11 Å². The zero-order chi connectivity index (χ0) is 24.4. The lowest BCUT2D eigenvalue weighted by molar-refractivity contribution is -0.118. The van der Waals surface area contributed by atoms with Crippen molar-refractivity contribution in [1.29, 1.82) is 0 Å². The number of unbranched alkanes of at least 4 members (excludes halogenated alkanes) is 1. The van der Waals surface area contributed by atoms with Crippen molar-refractivity contribution in [3.63, 3.8) is 0 Å². The molecule has 2 rings (SSSR count). The van der Waals surface area contributed by atoms with Gasteiger partial charge in [0.1, 0.15) is 5.75 Å². The van der Waals surface area contributed by atoms with Crippen LogP contribution in [-0.4, -0.2) is 29.4 Å². The lowest BCUT2D eigenvalue weighted by Gasteiger charge is -2.12. The molecule has 0 fully saturated rings. The minimum absolute atomic E-state index is 0.0615. The maximum absolute atomic E-state index is 12.4. The number of ether oxygens (including phenoxy) is 1. The molecule has 0 radical (unpaired) electrons. The first-order valence-corrected chi connectivity index (χ1v) is 11.7. The van der Waals surface area contributed by atoms with E-state index in [1.165, 1.54) is 0 Å². The molecule has 0 bridgehead atoms. The van der Waals surface area contributed by atoms with Crippen LogP contribution >= 0.6 is 28.1 Å². The molecule has 0 saturated heterocycles. The lowest BCUT2D eigenvalue weighted by Crippen LogP contribution is -2.48. The van der Waals surface area contributed by atoms with Gasteiger partial charge in [-0.3, -0.25) is 30.6 Å². The minimum Gasteiger partial charge on any atom is -0.492 e. The van der Waals surface area contributed by atoms with Gasteiger partial charge in [0, 0.05) is 22.7 Å². The van der Waals surface area contributed by atoms with Gasteiger partial charge in [-0.15, -0.1) is 0 Å². The van der Waals surface area contributed by atoms with Crippen molar-refractivity contribution in [3.8, 4) is 5.75 Å². The first-order chi connectivity index (χ1) is 15.7. The monoisotopic (exact) mass is 534 g/mol. The van der Waals surface area contributed by atoms with Crippen LogP contribution in [0.4, 0.5) is 5.69 Å². The number of nitrogens with one attached hydrogen (secondary N) is 4. The van der Waals surface area contributed by atoms with Gasteiger partial charge < -0.3 is 10.1 Å². The third kappa shape index (κ3) is 8.47. The third-order valence-electron chi connectivity index (χ3n) is 4.41. The van der Waals surface area contributed by atoms with Gasteiger partial charge in [-0.25, -0.2) is 0 Å². The first-order valence-electron chi connectivity index (χ1n) is 10.5. The Morgan fingerprint density at radius 3 is 2.27 bits per heavy atom. The van der Waals surface area contributed by atoms with Crippen LogP contribution in [0.2, 0.25) is 0 Å². The van der Waals surface area contributed by atoms with Crippen LogP contribution in [0.25, 0.3) is 0 Å². The Morgan fingerprint density at radius 2 is 1.67 bits per heavy atom. The van der Waals surface area contributed by atoms with E-state index >= 15 is 0 Å². The van der Waals surface area contributed by atoms with Crippen molar-refractivity contribution in [2.24, 2.45) is 5.92 Å². The molecule has 10 heteroatoms. The molecule has 0 unspecified atom stereocenters. The van der Waals surface area contributed by atoms with Gasteiger partial charge in [-0.1, -0.05) is 27.2 Å². The zero-order valence-electron chi connectivity index (χ0n) is 18.7. The second-order valence-electron chi connectivity index (χ2n) is 7.43. The molecule has 2 aromatic rings. The standard InChI is InChI=1S/C23H27BrN4O4S/c1-4-5-12-32-19-11-8-16(13-18(19)24)21(30)26-23(33)28-27-22(31)15-6-9-17(10-7-15)25-20(29)14(2)3/h6-11,13-14H,4-5,12H2,1-3H3,(H,25,29)(H,27,31)(H2,26,28,30,33). The van der Waals surface area contributed by atoms with Gasteiger partial charge in [-0.05, 0) is 77.0 Å². The molecule has 4 N–H and O–H groups in total. The van der Waals surface area contributed by atoms with Crippen molar-refractivity contribution >= 4 is 56.7 Å². The number of rotatable bonds is 8. The fraction of sp³-hybridized carbons (Fsp3) is 0.304. The number of carbonyl (C=O) groups excluding carboxylic acids is 3. The molecule has 0 heterocycles. The predicted molar refractivity (Wildman–Crippen MR) is 135 cm³/mol. The Balaban J connectivity index is 1.84. The van der Waals surface area contributed by atoms with Gasteiger partial charge in [-0.2, -0.15) is 0 Å². The number of halogens is 1. The number of carbonyl (C=O) groups is 3. The Hall–Kier alpha value is -2.98. The number of benzene rings is 2. The van der Waals surface area contributed by atoms with E-state index in [4.69, 9.17) is 17.0 Å². The Labute approximate surface area is 206 Å². The summed E-state index contributed by atoms with van der Waals surface area (Å²) in [5, 5.41) is 5.19. The van der Waals surface area contributed by atoms with Crippen LogP contribution in [0.15, 0.2) is 46.9 Å². The first kappa shape index (κ1) is 26.3. The maximum atomic E-state index is 12.4. The summed E-state index contributed by atoms with van der Waals surface area (Å²) < 4.78 is 6.31. The Morgan fingerprint density at radius 1 is 1.00 bits per heavy atom. The van der Waals surface area contributed by atoms with E-state index < -0.39 is 11.8 Å². The average Bonchev–Trinajstić information content (AvgIpc) is 2.79. The summed E-state index contributed by atoms with van der Waals surface area (Å²) in [5.74, 6) is -0.493. The summed E-state index contributed by atoms with van der Waals surface area (Å²) in [5.41, 5.74) is 6.23. The predicted octanol–water partition coefficient (Wildman–Crippen LogP) is 4.17. The van der Waals surface area contributed by atoms with E-state index in [2.05, 4.69) is 44.3 Å². The third-order valence-corrected chi connectivity index (χ3v) is 5.23.